The van der Waals surface area contributed by atoms with E-state index in [1.807, 2.05) is 6.07 Å². The predicted molar refractivity (Wildman–Crippen MR) is 92.8 cm³/mol. The fraction of sp³-hybridized carbons (Fsp3) is 0.235. The summed E-state index contributed by atoms with van der Waals surface area (Å²) in [5.41, 5.74) is 1.18. The number of hydrogen-bond acceptors (Lipinski definition) is 5. The second-order valence-corrected chi connectivity index (χ2v) is 5.56. The smallest absolute Gasteiger partial charge is 0.303 e. The molecule has 128 valence electrons. The molecule has 0 bridgehead atoms. The van der Waals surface area contributed by atoms with Crippen LogP contribution >= 0.6 is 0 Å². The molecule has 0 aliphatic rings. The van der Waals surface area contributed by atoms with Crippen LogP contribution in [0.3, 0.4) is 0 Å². The van der Waals surface area contributed by atoms with Crippen LogP contribution in [0.1, 0.15) is 24.4 Å². The van der Waals surface area contributed by atoms with Crippen molar-refractivity contribution >= 4 is 29.0 Å². The summed E-state index contributed by atoms with van der Waals surface area (Å²) in [7, 11) is 1.76. The fourth-order valence-corrected chi connectivity index (χ4v) is 2.53. The Bertz CT molecular complexity index is 1000. The zero-order valence-electron chi connectivity index (χ0n) is 13.7. The molecule has 3 rings (SSSR count). The molecule has 1 N–H and O–H groups in total. The fourth-order valence-electron chi connectivity index (χ4n) is 2.53. The van der Waals surface area contributed by atoms with E-state index in [0.29, 0.717) is 23.1 Å². The predicted octanol–water partition coefficient (Wildman–Crippen LogP) is 1.56. The maximum Gasteiger partial charge on any atom is 0.303 e. The Morgan fingerprint density at radius 1 is 1.28 bits per heavy atom. The SMILES string of the molecule is Cn1nncc1/C=C/c1nc2ccccc2c(=O)n1CCCC(=O)O. The van der Waals surface area contributed by atoms with E-state index in [2.05, 4.69) is 15.3 Å². The lowest BCUT2D eigenvalue weighted by atomic mass is 10.2. The molecule has 0 fully saturated rings. The first-order chi connectivity index (χ1) is 12.1. The second-order valence-electron chi connectivity index (χ2n) is 5.56. The number of hydrogen-bond donors (Lipinski definition) is 1. The molecule has 0 unspecified atom stereocenters. The second kappa shape index (κ2) is 7.08. The van der Waals surface area contributed by atoms with E-state index >= 15 is 0 Å². The average molecular weight is 339 g/mol. The van der Waals surface area contributed by atoms with Crippen molar-refractivity contribution in [2.24, 2.45) is 7.05 Å². The number of carboxylic acid groups (broad SMARTS) is 1. The number of aliphatic carboxylic acids is 1. The molecular weight excluding hydrogens is 322 g/mol. The van der Waals surface area contributed by atoms with Gasteiger partial charge >= 0.3 is 5.97 Å². The van der Waals surface area contributed by atoms with Crippen LogP contribution in [0.15, 0.2) is 35.3 Å². The Morgan fingerprint density at radius 2 is 2.08 bits per heavy atom. The van der Waals surface area contributed by atoms with Crippen molar-refractivity contribution < 1.29 is 9.90 Å². The lowest BCUT2D eigenvalue weighted by Gasteiger charge is -2.10. The first-order valence-electron chi connectivity index (χ1n) is 7.80. The van der Waals surface area contributed by atoms with Crippen LogP contribution in [0.25, 0.3) is 23.1 Å². The van der Waals surface area contributed by atoms with Crippen molar-refractivity contribution in [1.82, 2.24) is 24.5 Å². The van der Waals surface area contributed by atoms with Gasteiger partial charge in [-0.2, -0.15) is 0 Å². The summed E-state index contributed by atoms with van der Waals surface area (Å²) in [6.45, 7) is 0.284. The van der Waals surface area contributed by atoms with Crippen molar-refractivity contribution in [3.8, 4) is 0 Å². The molecule has 2 aromatic heterocycles. The zero-order valence-corrected chi connectivity index (χ0v) is 13.7. The Morgan fingerprint density at radius 3 is 2.80 bits per heavy atom. The van der Waals surface area contributed by atoms with E-state index in [1.54, 1.807) is 48.3 Å². The lowest BCUT2D eigenvalue weighted by molar-refractivity contribution is -0.137. The van der Waals surface area contributed by atoms with E-state index in [4.69, 9.17) is 5.11 Å². The van der Waals surface area contributed by atoms with Gasteiger partial charge in [-0.25, -0.2) is 9.67 Å². The number of rotatable bonds is 6. The largest absolute Gasteiger partial charge is 0.481 e. The van der Waals surface area contributed by atoms with E-state index in [9.17, 15) is 9.59 Å². The third-order valence-corrected chi connectivity index (χ3v) is 3.82. The quantitative estimate of drug-likeness (QED) is 0.731. The van der Waals surface area contributed by atoms with Gasteiger partial charge in [0.05, 0.1) is 22.8 Å². The molecule has 25 heavy (non-hydrogen) atoms. The highest BCUT2D eigenvalue weighted by Crippen LogP contribution is 2.11. The highest BCUT2D eigenvalue weighted by atomic mass is 16.4. The first kappa shape index (κ1) is 16.6. The number of benzene rings is 1. The van der Waals surface area contributed by atoms with Gasteiger partial charge in [-0.3, -0.25) is 14.2 Å². The molecule has 0 amide bonds. The molecule has 0 aliphatic carbocycles. The number of para-hydroxylation sites is 1. The molecule has 8 heteroatoms. The van der Waals surface area contributed by atoms with Crippen LogP contribution in [0, 0.1) is 0 Å². The van der Waals surface area contributed by atoms with Crippen molar-refractivity contribution in [2.75, 3.05) is 0 Å². The maximum atomic E-state index is 12.8. The van der Waals surface area contributed by atoms with Gasteiger partial charge in [-0.1, -0.05) is 17.3 Å². The first-order valence-corrected chi connectivity index (χ1v) is 7.80. The number of aromatic nitrogens is 5. The molecule has 0 spiro atoms. The lowest BCUT2D eigenvalue weighted by Crippen LogP contribution is -2.24. The zero-order chi connectivity index (χ0) is 17.8. The van der Waals surface area contributed by atoms with Crippen molar-refractivity contribution in [2.45, 2.75) is 19.4 Å². The van der Waals surface area contributed by atoms with E-state index in [-0.39, 0.29) is 18.5 Å². The molecule has 0 radical (unpaired) electrons. The van der Waals surface area contributed by atoms with Crippen LogP contribution in [0.2, 0.25) is 0 Å². The van der Waals surface area contributed by atoms with Crippen molar-refractivity contribution in [3.63, 3.8) is 0 Å². The Balaban J connectivity index is 2.04. The summed E-state index contributed by atoms with van der Waals surface area (Å²) in [6, 6.07) is 7.10. The Hall–Kier alpha value is -3.29. The summed E-state index contributed by atoms with van der Waals surface area (Å²) < 4.78 is 3.11. The van der Waals surface area contributed by atoms with Gasteiger partial charge in [-0.15, -0.1) is 5.10 Å². The van der Waals surface area contributed by atoms with Crippen LogP contribution in [0.4, 0.5) is 0 Å². The maximum absolute atomic E-state index is 12.8. The highest BCUT2D eigenvalue weighted by Gasteiger charge is 2.10. The van der Waals surface area contributed by atoms with E-state index in [1.165, 1.54) is 4.57 Å². The topological polar surface area (TPSA) is 103 Å². The van der Waals surface area contributed by atoms with Crippen LogP contribution < -0.4 is 5.56 Å². The van der Waals surface area contributed by atoms with Crippen LogP contribution in [-0.4, -0.2) is 35.6 Å². The number of nitrogens with zero attached hydrogens (tertiary/aromatic N) is 5. The van der Waals surface area contributed by atoms with Gasteiger partial charge in [0.25, 0.3) is 5.56 Å². The minimum absolute atomic E-state index is 0.00588. The van der Waals surface area contributed by atoms with Gasteiger partial charge < -0.3 is 5.11 Å². The average Bonchev–Trinajstić information content (AvgIpc) is 3.00. The summed E-state index contributed by atoms with van der Waals surface area (Å²) in [5, 5.41) is 17.0. The third-order valence-electron chi connectivity index (χ3n) is 3.82. The molecular formula is C17H17N5O3. The Labute approximate surface area is 143 Å². The normalized spacial score (nSPS) is 11.4. The van der Waals surface area contributed by atoms with E-state index in [0.717, 1.165) is 5.69 Å². The summed E-state index contributed by atoms with van der Waals surface area (Å²) >= 11 is 0. The number of carbonyl (C=O) groups is 1. The summed E-state index contributed by atoms with van der Waals surface area (Å²) in [4.78, 5) is 28.1. The minimum atomic E-state index is -0.889. The molecule has 8 nitrogen and oxygen atoms in total. The Kier molecular flexibility index (Phi) is 4.69. The molecule has 0 saturated heterocycles. The highest BCUT2D eigenvalue weighted by molar-refractivity contribution is 5.79. The van der Waals surface area contributed by atoms with Crippen molar-refractivity contribution in [3.05, 3.63) is 52.3 Å². The van der Waals surface area contributed by atoms with Gasteiger partial charge in [0.15, 0.2) is 0 Å². The molecule has 3 aromatic rings. The molecule has 2 heterocycles. The van der Waals surface area contributed by atoms with E-state index < -0.39 is 5.97 Å². The monoisotopic (exact) mass is 339 g/mol. The van der Waals surface area contributed by atoms with Crippen molar-refractivity contribution in [1.29, 1.82) is 0 Å². The van der Waals surface area contributed by atoms with Gasteiger partial charge in [0.1, 0.15) is 5.82 Å². The molecule has 0 aliphatic heterocycles. The summed E-state index contributed by atoms with van der Waals surface area (Å²) in [6.07, 6.45) is 5.43. The summed E-state index contributed by atoms with van der Waals surface area (Å²) in [5.74, 6) is -0.421. The minimum Gasteiger partial charge on any atom is -0.481 e. The number of fused-ring (bicyclic) bond motifs is 1. The van der Waals surface area contributed by atoms with Crippen LogP contribution in [-0.2, 0) is 18.4 Å². The third kappa shape index (κ3) is 3.63. The van der Waals surface area contributed by atoms with Gasteiger partial charge in [0, 0.05) is 20.0 Å². The molecule has 0 saturated carbocycles. The van der Waals surface area contributed by atoms with Gasteiger partial charge in [0.2, 0.25) is 0 Å². The molecule has 1 aromatic carbocycles. The van der Waals surface area contributed by atoms with Crippen LogP contribution in [0.5, 0.6) is 0 Å². The number of carboxylic acids is 1. The standard InChI is InChI=1S/C17H17N5O3/c1-21-12(11-18-20-21)8-9-15-19-14-6-3-2-5-13(14)17(25)22(15)10-4-7-16(23)24/h2-3,5-6,8-9,11H,4,7,10H2,1H3,(H,23,24)/b9-8+. The number of aryl methyl sites for hydroxylation is 1. The molecule has 0 atom stereocenters. The van der Waals surface area contributed by atoms with Gasteiger partial charge in [-0.05, 0) is 30.7 Å².